The highest BCUT2D eigenvalue weighted by Crippen LogP contribution is 2.35. The summed E-state index contributed by atoms with van der Waals surface area (Å²) in [6, 6.07) is 8.73. The number of carbonyl (C=O) groups is 1. The number of nitrogens with zero attached hydrogens (tertiary/aromatic N) is 5. The van der Waals surface area contributed by atoms with Crippen LogP contribution in [-0.2, 0) is 22.5 Å². The molecule has 4 rings (SSSR count). The summed E-state index contributed by atoms with van der Waals surface area (Å²) >= 11 is 0. The predicted molar refractivity (Wildman–Crippen MR) is 93.2 cm³/mol. The number of esters is 1. The lowest BCUT2D eigenvalue weighted by atomic mass is 9.93. The van der Waals surface area contributed by atoms with Gasteiger partial charge in [-0.1, -0.05) is 24.3 Å². The first-order chi connectivity index (χ1) is 12.2. The molecular formula is C18H19N5O2. The molecule has 0 radical (unpaired) electrons. The van der Waals surface area contributed by atoms with Gasteiger partial charge in [0.1, 0.15) is 18.7 Å². The molecule has 3 heterocycles. The van der Waals surface area contributed by atoms with Crippen LogP contribution in [0, 0.1) is 0 Å². The first-order valence-corrected chi connectivity index (χ1v) is 8.27. The minimum Gasteiger partial charge on any atom is -0.468 e. The zero-order valence-electron chi connectivity index (χ0n) is 14.2. The first-order valence-electron chi connectivity index (χ1n) is 8.27. The molecule has 1 aliphatic heterocycles. The molecule has 0 bridgehead atoms. The molecule has 7 heteroatoms. The van der Waals surface area contributed by atoms with E-state index in [9.17, 15) is 4.79 Å². The Morgan fingerprint density at radius 3 is 3.00 bits per heavy atom. The maximum atomic E-state index is 11.6. The largest absolute Gasteiger partial charge is 0.468 e. The van der Waals surface area contributed by atoms with Gasteiger partial charge in [-0.3, -0.25) is 4.79 Å². The molecular weight excluding hydrogens is 318 g/mol. The van der Waals surface area contributed by atoms with Crippen molar-refractivity contribution in [2.75, 3.05) is 18.6 Å². The van der Waals surface area contributed by atoms with Crippen LogP contribution in [0.2, 0.25) is 0 Å². The SMILES string of the molecule is COC(=O)Cn1ncc2c(N3CCc4ccccc4C3C)ncnc21. The number of carbonyl (C=O) groups excluding carboxylic acids is 1. The summed E-state index contributed by atoms with van der Waals surface area (Å²) in [6.45, 7) is 3.10. The molecule has 0 saturated heterocycles. The summed E-state index contributed by atoms with van der Waals surface area (Å²) in [5.74, 6) is 0.494. The highest BCUT2D eigenvalue weighted by molar-refractivity contribution is 5.87. The highest BCUT2D eigenvalue weighted by Gasteiger charge is 2.26. The number of benzene rings is 1. The normalized spacial score (nSPS) is 16.7. The number of aromatic nitrogens is 4. The van der Waals surface area contributed by atoms with Gasteiger partial charge in [0, 0.05) is 6.54 Å². The monoisotopic (exact) mass is 337 g/mol. The average Bonchev–Trinajstić information content (AvgIpc) is 3.05. The highest BCUT2D eigenvalue weighted by atomic mass is 16.5. The Bertz CT molecular complexity index is 936. The quantitative estimate of drug-likeness (QED) is 0.682. The van der Waals surface area contributed by atoms with Crippen molar-refractivity contribution in [2.24, 2.45) is 0 Å². The van der Waals surface area contributed by atoms with Crippen LogP contribution in [0.5, 0.6) is 0 Å². The molecule has 0 saturated carbocycles. The molecule has 3 aromatic rings. The third-order valence-electron chi connectivity index (χ3n) is 4.79. The van der Waals surface area contributed by atoms with Crippen molar-refractivity contribution in [3.05, 3.63) is 47.9 Å². The van der Waals surface area contributed by atoms with E-state index in [1.54, 1.807) is 10.9 Å². The van der Waals surface area contributed by atoms with Crippen LogP contribution in [0.4, 0.5) is 5.82 Å². The molecule has 0 fully saturated rings. The van der Waals surface area contributed by atoms with Crippen molar-refractivity contribution in [3.8, 4) is 0 Å². The van der Waals surface area contributed by atoms with Crippen molar-refractivity contribution < 1.29 is 9.53 Å². The van der Waals surface area contributed by atoms with E-state index in [1.807, 2.05) is 0 Å². The van der Waals surface area contributed by atoms with Crippen molar-refractivity contribution in [2.45, 2.75) is 25.9 Å². The van der Waals surface area contributed by atoms with E-state index in [1.165, 1.54) is 24.6 Å². The van der Waals surface area contributed by atoms with Gasteiger partial charge in [0.2, 0.25) is 0 Å². The fourth-order valence-electron chi connectivity index (χ4n) is 3.47. The van der Waals surface area contributed by atoms with Crippen LogP contribution < -0.4 is 4.90 Å². The van der Waals surface area contributed by atoms with Crippen LogP contribution in [0.25, 0.3) is 11.0 Å². The first kappa shape index (κ1) is 15.6. The summed E-state index contributed by atoms with van der Waals surface area (Å²) in [6.07, 6.45) is 4.23. The molecule has 25 heavy (non-hydrogen) atoms. The van der Waals surface area contributed by atoms with Gasteiger partial charge in [-0.25, -0.2) is 14.6 Å². The Morgan fingerprint density at radius 1 is 1.32 bits per heavy atom. The molecule has 0 aliphatic carbocycles. The number of ether oxygens (including phenoxy) is 1. The average molecular weight is 337 g/mol. The van der Waals surface area contributed by atoms with Gasteiger partial charge in [0.25, 0.3) is 0 Å². The zero-order valence-corrected chi connectivity index (χ0v) is 14.2. The van der Waals surface area contributed by atoms with Gasteiger partial charge in [0.15, 0.2) is 5.65 Å². The van der Waals surface area contributed by atoms with E-state index >= 15 is 0 Å². The molecule has 128 valence electrons. The molecule has 1 aromatic carbocycles. The van der Waals surface area contributed by atoms with E-state index in [-0.39, 0.29) is 18.6 Å². The van der Waals surface area contributed by atoms with Gasteiger partial charge < -0.3 is 9.64 Å². The Kier molecular flexibility index (Phi) is 3.83. The minimum absolute atomic E-state index is 0.0365. The molecule has 0 N–H and O–H groups in total. The number of hydrogen-bond donors (Lipinski definition) is 0. The molecule has 1 atom stereocenters. The lowest BCUT2D eigenvalue weighted by Gasteiger charge is -2.36. The van der Waals surface area contributed by atoms with Gasteiger partial charge in [-0.05, 0) is 24.5 Å². The molecule has 1 aliphatic rings. The fourth-order valence-corrected chi connectivity index (χ4v) is 3.47. The van der Waals surface area contributed by atoms with E-state index in [4.69, 9.17) is 4.74 Å². The van der Waals surface area contributed by atoms with Crippen LogP contribution in [0.15, 0.2) is 36.8 Å². The smallest absolute Gasteiger partial charge is 0.327 e. The van der Waals surface area contributed by atoms with E-state index in [0.29, 0.717) is 5.65 Å². The summed E-state index contributed by atoms with van der Waals surface area (Å²) < 4.78 is 6.27. The van der Waals surface area contributed by atoms with E-state index < -0.39 is 0 Å². The second-order valence-corrected chi connectivity index (χ2v) is 6.13. The van der Waals surface area contributed by atoms with Gasteiger partial charge >= 0.3 is 5.97 Å². The summed E-state index contributed by atoms with van der Waals surface area (Å²) in [5.41, 5.74) is 3.35. The lowest BCUT2D eigenvalue weighted by Crippen LogP contribution is -2.34. The minimum atomic E-state index is -0.356. The number of anilines is 1. The third-order valence-corrected chi connectivity index (χ3v) is 4.79. The maximum absolute atomic E-state index is 11.6. The predicted octanol–water partition coefficient (Wildman–Crippen LogP) is 2.12. The van der Waals surface area contributed by atoms with Gasteiger partial charge in [-0.15, -0.1) is 0 Å². The molecule has 0 spiro atoms. The maximum Gasteiger partial charge on any atom is 0.327 e. The third kappa shape index (κ3) is 2.61. The molecule has 2 aromatic heterocycles. The van der Waals surface area contributed by atoms with Crippen LogP contribution in [0.1, 0.15) is 24.1 Å². The lowest BCUT2D eigenvalue weighted by molar-refractivity contribution is -0.141. The van der Waals surface area contributed by atoms with Crippen molar-refractivity contribution in [1.29, 1.82) is 0 Å². The Labute approximate surface area is 145 Å². The van der Waals surface area contributed by atoms with Crippen LogP contribution >= 0.6 is 0 Å². The molecule has 0 amide bonds. The summed E-state index contributed by atoms with van der Waals surface area (Å²) in [4.78, 5) is 22.7. The van der Waals surface area contributed by atoms with E-state index in [2.05, 4.69) is 51.2 Å². The topological polar surface area (TPSA) is 73.1 Å². The Hall–Kier alpha value is -2.96. The standard InChI is InChI=1S/C18H19N5O2/c1-12-14-6-4-3-5-13(14)7-8-22(12)17-15-9-21-23(10-16(24)25-2)18(15)20-11-19-17/h3-6,9,11-12H,7-8,10H2,1-2H3. The van der Waals surface area contributed by atoms with Crippen molar-refractivity contribution >= 4 is 22.8 Å². The fraction of sp³-hybridized carbons (Fsp3) is 0.333. The Balaban J connectivity index is 1.74. The van der Waals surface area contributed by atoms with Crippen LogP contribution in [0.3, 0.4) is 0 Å². The van der Waals surface area contributed by atoms with Crippen molar-refractivity contribution in [1.82, 2.24) is 19.7 Å². The van der Waals surface area contributed by atoms with E-state index in [0.717, 1.165) is 24.2 Å². The number of methoxy groups -OCH3 is 1. The number of fused-ring (bicyclic) bond motifs is 2. The Morgan fingerprint density at radius 2 is 2.16 bits per heavy atom. The molecule has 7 nitrogen and oxygen atoms in total. The second-order valence-electron chi connectivity index (χ2n) is 6.13. The van der Waals surface area contributed by atoms with Crippen molar-refractivity contribution in [3.63, 3.8) is 0 Å². The number of rotatable bonds is 3. The summed E-state index contributed by atoms with van der Waals surface area (Å²) in [7, 11) is 1.36. The summed E-state index contributed by atoms with van der Waals surface area (Å²) in [5, 5.41) is 5.14. The van der Waals surface area contributed by atoms with Gasteiger partial charge in [0.05, 0.1) is 24.7 Å². The van der Waals surface area contributed by atoms with Crippen LogP contribution in [-0.4, -0.2) is 39.4 Å². The number of hydrogen-bond acceptors (Lipinski definition) is 6. The zero-order chi connectivity index (χ0) is 17.4. The van der Waals surface area contributed by atoms with Gasteiger partial charge in [-0.2, -0.15) is 5.10 Å². The molecule has 1 unspecified atom stereocenters. The second kappa shape index (κ2) is 6.16.